The van der Waals surface area contributed by atoms with Crippen molar-refractivity contribution in [1.82, 2.24) is 10.3 Å². The number of rotatable bonds is 8. The minimum Gasteiger partial charge on any atom is -0.441 e. The largest absolute Gasteiger partial charge is 0.441 e. The van der Waals surface area contributed by atoms with Crippen LogP contribution in [-0.4, -0.2) is 17.4 Å². The van der Waals surface area contributed by atoms with E-state index in [9.17, 15) is 13.6 Å². The van der Waals surface area contributed by atoms with Gasteiger partial charge in [0.2, 0.25) is 5.91 Å². The van der Waals surface area contributed by atoms with Crippen LogP contribution in [0.15, 0.2) is 28.8 Å². The summed E-state index contributed by atoms with van der Waals surface area (Å²) in [6.45, 7) is 0.687. The molecule has 146 valence electrons. The van der Waals surface area contributed by atoms with Crippen molar-refractivity contribution in [3.05, 3.63) is 41.9 Å². The first kappa shape index (κ1) is 19.5. The van der Waals surface area contributed by atoms with Crippen LogP contribution in [0, 0.1) is 17.6 Å². The van der Waals surface area contributed by atoms with Gasteiger partial charge < -0.3 is 9.73 Å². The fourth-order valence-corrected chi connectivity index (χ4v) is 3.68. The lowest BCUT2D eigenvalue weighted by Gasteiger charge is -2.21. The van der Waals surface area contributed by atoms with E-state index in [-0.39, 0.29) is 23.7 Å². The molecule has 0 saturated heterocycles. The number of amides is 1. The van der Waals surface area contributed by atoms with Crippen molar-refractivity contribution in [3.8, 4) is 11.3 Å². The maximum Gasteiger partial charge on any atom is 0.220 e. The third-order valence-corrected chi connectivity index (χ3v) is 5.16. The van der Waals surface area contributed by atoms with E-state index >= 15 is 0 Å². The van der Waals surface area contributed by atoms with Crippen molar-refractivity contribution < 1.29 is 18.0 Å². The second kappa shape index (κ2) is 9.62. The fourth-order valence-electron chi connectivity index (χ4n) is 3.68. The molecule has 1 fully saturated rings. The van der Waals surface area contributed by atoms with Gasteiger partial charge in [0.15, 0.2) is 11.7 Å². The lowest BCUT2D eigenvalue weighted by molar-refractivity contribution is -0.121. The highest BCUT2D eigenvalue weighted by molar-refractivity contribution is 5.76. The molecule has 0 spiro atoms. The lowest BCUT2D eigenvalue weighted by atomic mass is 9.86. The van der Waals surface area contributed by atoms with Crippen LogP contribution >= 0.6 is 0 Å². The summed E-state index contributed by atoms with van der Waals surface area (Å²) in [6.07, 6.45) is 10.7. The Morgan fingerprint density at radius 3 is 2.67 bits per heavy atom. The Morgan fingerprint density at radius 1 is 1.19 bits per heavy atom. The minimum atomic E-state index is -0.701. The molecule has 1 amide bonds. The highest BCUT2D eigenvalue weighted by Gasteiger charge is 2.16. The van der Waals surface area contributed by atoms with Gasteiger partial charge >= 0.3 is 0 Å². The normalized spacial score (nSPS) is 15.0. The van der Waals surface area contributed by atoms with Crippen LogP contribution in [0.4, 0.5) is 8.78 Å². The maximum absolute atomic E-state index is 13.8. The van der Waals surface area contributed by atoms with Gasteiger partial charge in [-0.25, -0.2) is 13.8 Å². The van der Waals surface area contributed by atoms with Crippen molar-refractivity contribution in [2.24, 2.45) is 5.92 Å². The Kier molecular flexibility index (Phi) is 6.96. The van der Waals surface area contributed by atoms with Gasteiger partial charge in [-0.3, -0.25) is 4.79 Å². The standard InChI is InChI=1S/C21H26F2N2O2/c22-16-9-4-10-17(23)21(16)18-14-25-20(27-18)12-11-19(26)24-13-5-8-15-6-2-1-3-7-15/h4,9-10,14-15H,1-3,5-8,11-13H2,(H,24,26). The molecule has 2 aromatic rings. The number of oxazole rings is 1. The summed E-state index contributed by atoms with van der Waals surface area (Å²) in [7, 11) is 0. The molecule has 1 aliphatic carbocycles. The Bertz CT molecular complexity index is 734. The van der Waals surface area contributed by atoms with Gasteiger partial charge in [-0.05, 0) is 30.9 Å². The molecule has 3 rings (SSSR count). The number of benzene rings is 1. The number of carbonyl (C=O) groups excluding carboxylic acids is 1. The molecule has 4 nitrogen and oxygen atoms in total. The van der Waals surface area contributed by atoms with E-state index in [0.29, 0.717) is 18.9 Å². The van der Waals surface area contributed by atoms with E-state index < -0.39 is 11.6 Å². The lowest BCUT2D eigenvalue weighted by Crippen LogP contribution is -2.25. The molecule has 0 unspecified atom stereocenters. The van der Waals surface area contributed by atoms with Crippen molar-refractivity contribution in [1.29, 1.82) is 0 Å². The average molecular weight is 376 g/mol. The highest BCUT2D eigenvalue weighted by atomic mass is 19.1. The summed E-state index contributed by atoms with van der Waals surface area (Å²) >= 11 is 0. The van der Waals surface area contributed by atoms with Crippen LogP contribution in [0.3, 0.4) is 0 Å². The zero-order valence-electron chi connectivity index (χ0n) is 15.5. The smallest absolute Gasteiger partial charge is 0.220 e. The molecule has 1 aromatic carbocycles. The second-order valence-electron chi connectivity index (χ2n) is 7.21. The van der Waals surface area contributed by atoms with Crippen molar-refractivity contribution in [3.63, 3.8) is 0 Å². The van der Waals surface area contributed by atoms with Crippen molar-refractivity contribution in [2.75, 3.05) is 6.54 Å². The summed E-state index contributed by atoms with van der Waals surface area (Å²) in [5.74, 6) is -0.309. The van der Waals surface area contributed by atoms with Crippen LogP contribution < -0.4 is 5.32 Å². The number of halogens is 2. The van der Waals surface area contributed by atoms with Gasteiger partial charge in [-0.1, -0.05) is 38.2 Å². The van der Waals surface area contributed by atoms with Gasteiger partial charge in [-0.2, -0.15) is 0 Å². The number of hydrogen-bond donors (Lipinski definition) is 1. The summed E-state index contributed by atoms with van der Waals surface area (Å²) in [4.78, 5) is 16.0. The molecule has 0 aliphatic heterocycles. The van der Waals surface area contributed by atoms with E-state index in [2.05, 4.69) is 10.3 Å². The number of nitrogens with zero attached hydrogens (tertiary/aromatic N) is 1. The summed E-state index contributed by atoms with van der Waals surface area (Å²) < 4.78 is 33.0. The second-order valence-corrected chi connectivity index (χ2v) is 7.21. The topological polar surface area (TPSA) is 55.1 Å². The predicted molar refractivity (Wildman–Crippen MR) is 99.0 cm³/mol. The number of hydrogen-bond acceptors (Lipinski definition) is 3. The molecule has 1 aliphatic rings. The van der Waals surface area contributed by atoms with Crippen molar-refractivity contribution >= 4 is 5.91 Å². The van der Waals surface area contributed by atoms with Crippen LogP contribution in [0.25, 0.3) is 11.3 Å². The van der Waals surface area contributed by atoms with E-state index in [4.69, 9.17) is 4.42 Å². The minimum absolute atomic E-state index is 0.0356. The third-order valence-electron chi connectivity index (χ3n) is 5.16. The Balaban J connectivity index is 1.40. The number of aryl methyl sites for hydroxylation is 1. The quantitative estimate of drug-likeness (QED) is 0.658. The monoisotopic (exact) mass is 376 g/mol. The average Bonchev–Trinajstić information content (AvgIpc) is 3.13. The molecular formula is C21H26F2N2O2. The molecule has 1 heterocycles. The highest BCUT2D eigenvalue weighted by Crippen LogP contribution is 2.27. The van der Waals surface area contributed by atoms with E-state index in [1.54, 1.807) is 0 Å². The molecule has 0 bridgehead atoms. The van der Waals surface area contributed by atoms with Gasteiger partial charge in [0.05, 0.1) is 11.8 Å². The van der Waals surface area contributed by atoms with Gasteiger partial charge in [0.1, 0.15) is 11.6 Å². The first-order valence-electron chi connectivity index (χ1n) is 9.79. The van der Waals surface area contributed by atoms with Gasteiger partial charge in [0, 0.05) is 19.4 Å². The third kappa shape index (κ3) is 5.62. The number of aromatic nitrogens is 1. The molecule has 0 radical (unpaired) electrons. The van der Waals surface area contributed by atoms with Gasteiger partial charge in [0.25, 0.3) is 0 Å². The molecular weight excluding hydrogens is 350 g/mol. The molecule has 0 atom stereocenters. The Morgan fingerprint density at radius 2 is 1.93 bits per heavy atom. The number of nitrogens with one attached hydrogen (secondary N) is 1. The molecule has 1 saturated carbocycles. The van der Waals surface area contributed by atoms with Gasteiger partial charge in [-0.15, -0.1) is 0 Å². The number of carbonyl (C=O) groups is 1. The SMILES string of the molecule is O=C(CCc1ncc(-c2c(F)cccc2F)o1)NCCCC1CCCCC1. The molecule has 1 N–H and O–H groups in total. The molecule has 6 heteroatoms. The summed E-state index contributed by atoms with van der Waals surface area (Å²) in [6, 6.07) is 3.63. The summed E-state index contributed by atoms with van der Waals surface area (Å²) in [5.41, 5.74) is -0.233. The van der Waals surface area contributed by atoms with Crippen LogP contribution in [0.1, 0.15) is 57.3 Å². The zero-order chi connectivity index (χ0) is 19.1. The first-order chi connectivity index (χ1) is 13.1. The predicted octanol–water partition coefficient (Wildman–Crippen LogP) is 5.03. The fraction of sp³-hybridized carbons (Fsp3) is 0.524. The van der Waals surface area contributed by atoms with Crippen LogP contribution in [0.5, 0.6) is 0 Å². The zero-order valence-corrected chi connectivity index (χ0v) is 15.5. The van der Waals surface area contributed by atoms with Crippen LogP contribution in [0.2, 0.25) is 0 Å². The summed E-state index contributed by atoms with van der Waals surface area (Å²) in [5, 5.41) is 2.92. The van der Waals surface area contributed by atoms with E-state index in [1.807, 2.05) is 0 Å². The first-order valence-corrected chi connectivity index (χ1v) is 9.79. The van der Waals surface area contributed by atoms with E-state index in [1.165, 1.54) is 62.9 Å². The van der Waals surface area contributed by atoms with E-state index in [0.717, 1.165) is 12.3 Å². The Labute approximate surface area is 158 Å². The molecule has 1 aromatic heterocycles. The molecule has 27 heavy (non-hydrogen) atoms. The van der Waals surface area contributed by atoms with Crippen molar-refractivity contribution in [2.45, 2.75) is 57.8 Å². The van der Waals surface area contributed by atoms with Crippen LogP contribution in [-0.2, 0) is 11.2 Å². The maximum atomic E-state index is 13.8. The Hall–Kier alpha value is -2.24.